The van der Waals surface area contributed by atoms with Gasteiger partial charge in [0.1, 0.15) is 0 Å². The molecule has 0 aromatic heterocycles. The van der Waals surface area contributed by atoms with Crippen LogP contribution in [0.3, 0.4) is 0 Å². The van der Waals surface area contributed by atoms with Gasteiger partial charge < -0.3 is 9.80 Å². The Kier molecular flexibility index (Phi) is 4.88. The summed E-state index contributed by atoms with van der Waals surface area (Å²) in [4.78, 5) is 40.1. The first kappa shape index (κ1) is 17.2. The molecule has 0 radical (unpaired) electrons. The molecule has 1 fully saturated rings. The molecule has 0 saturated carbocycles. The summed E-state index contributed by atoms with van der Waals surface area (Å²) in [5, 5.41) is 0. The van der Waals surface area contributed by atoms with Gasteiger partial charge in [-0.15, -0.1) is 0 Å². The van der Waals surface area contributed by atoms with Crippen LogP contribution in [0.4, 0.5) is 0 Å². The van der Waals surface area contributed by atoms with E-state index in [1.54, 1.807) is 17.0 Å². The van der Waals surface area contributed by atoms with Crippen molar-refractivity contribution in [2.24, 2.45) is 5.41 Å². The van der Waals surface area contributed by atoms with E-state index in [4.69, 9.17) is 0 Å². The van der Waals surface area contributed by atoms with Gasteiger partial charge >= 0.3 is 0 Å². The van der Waals surface area contributed by atoms with E-state index in [1.165, 1.54) is 4.90 Å². The summed E-state index contributed by atoms with van der Waals surface area (Å²) in [6.07, 6.45) is 0. The number of benzene rings is 1. The maximum atomic E-state index is 12.3. The highest BCUT2D eigenvalue weighted by atomic mass is 16.2. The zero-order valence-corrected chi connectivity index (χ0v) is 14.3. The normalized spacial score (nSPS) is 15.5. The van der Waals surface area contributed by atoms with Gasteiger partial charge in [-0.25, -0.2) is 0 Å². The second-order valence-electron chi connectivity index (χ2n) is 7.03. The van der Waals surface area contributed by atoms with E-state index in [0.717, 1.165) is 5.56 Å². The molecule has 5 heteroatoms. The molecule has 2 amide bonds. The van der Waals surface area contributed by atoms with Crippen molar-refractivity contribution in [3.8, 4) is 0 Å². The van der Waals surface area contributed by atoms with Crippen LogP contribution in [0, 0.1) is 12.3 Å². The summed E-state index contributed by atoms with van der Waals surface area (Å²) in [6, 6.07) is 6.99. The standard InChI is InChI=1S/C18H24N2O3/c1-13-5-7-14(8-6-13)15(21)16(22)19-9-11-20(12-10-19)17(23)18(2,3)4/h5-8H,9-12H2,1-4H3. The van der Waals surface area contributed by atoms with E-state index >= 15 is 0 Å². The molecule has 5 nitrogen and oxygen atoms in total. The lowest BCUT2D eigenvalue weighted by Gasteiger charge is -2.37. The molecular formula is C18H24N2O3. The molecule has 0 unspecified atom stereocenters. The third kappa shape index (κ3) is 3.97. The molecule has 23 heavy (non-hydrogen) atoms. The van der Waals surface area contributed by atoms with Crippen molar-refractivity contribution in [2.45, 2.75) is 27.7 Å². The zero-order valence-electron chi connectivity index (χ0n) is 14.3. The van der Waals surface area contributed by atoms with Gasteiger partial charge in [0.05, 0.1) is 0 Å². The highest BCUT2D eigenvalue weighted by Gasteiger charge is 2.32. The van der Waals surface area contributed by atoms with Gasteiger partial charge in [0.25, 0.3) is 5.91 Å². The second-order valence-corrected chi connectivity index (χ2v) is 7.03. The number of Topliss-reactive ketones (excluding diaryl/α,β-unsaturated/α-hetero) is 1. The van der Waals surface area contributed by atoms with Gasteiger partial charge in [-0.3, -0.25) is 14.4 Å². The lowest BCUT2D eigenvalue weighted by molar-refractivity contribution is -0.143. The Hall–Kier alpha value is -2.17. The fourth-order valence-corrected chi connectivity index (χ4v) is 2.56. The van der Waals surface area contributed by atoms with Gasteiger partial charge in [0.15, 0.2) is 0 Å². The van der Waals surface area contributed by atoms with Crippen molar-refractivity contribution in [3.05, 3.63) is 35.4 Å². The van der Waals surface area contributed by atoms with E-state index in [1.807, 2.05) is 39.8 Å². The molecule has 0 bridgehead atoms. The number of hydrogen-bond acceptors (Lipinski definition) is 3. The minimum atomic E-state index is -0.489. The highest BCUT2D eigenvalue weighted by molar-refractivity contribution is 6.42. The number of ketones is 1. The first-order chi connectivity index (χ1) is 10.7. The third-order valence-corrected chi connectivity index (χ3v) is 4.00. The summed E-state index contributed by atoms with van der Waals surface area (Å²) in [5.74, 6) is -0.897. The number of carbonyl (C=O) groups is 3. The van der Waals surface area contributed by atoms with Crippen molar-refractivity contribution in [1.82, 2.24) is 9.80 Å². The van der Waals surface area contributed by atoms with E-state index in [0.29, 0.717) is 31.7 Å². The van der Waals surface area contributed by atoms with E-state index < -0.39 is 17.1 Å². The average molecular weight is 316 g/mol. The first-order valence-corrected chi connectivity index (χ1v) is 7.90. The zero-order chi connectivity index (χ0) is 17.2. The van der Waals surface area contributed by atoms with Gasteiger partial charge in [0.2, 0.25) is 11.7 Å². The van der Waals surface area contributed by atoms with Gasteiger partial charge in [-0.1, -0.05) is 50.6 Å². The summed E-state index contributed by atoms with van der Waals surface area (Å²) in [5.41, 5.74) is 1.03. The molecule has 2 rings (SSSR count). The van der Waals surface area contributed by atoms with Crippen molar-refractivity contribution in [1.29, 1.82) is 0 Å². The molecule has 124 valence electrons. The number of rotatable bonds is 2. The van der Waals surface area contributed by atoms with Gasteiger partial charge in [0, 0.05) is 37.2 Å². The SMILES string of the molecule is Cc1ccc(C(=O)C(=O)N2CCN(C(=O)C(C)(C)C)CC2)cc1. The summed E-state index contributed by atoms with van der Waals surface area (Å²) < 4.78 is 0. The van der Waals surface area contributed by atoms with Crippen LogP contribution in [0.5, 0.6) is 0 Å². The smallest absolute Gasteiger partial charge is 0.295 e. The second kappa shape index (κ2) is 6.52. The first-order valence-electron chi connectivity index (χ1n) is 7.90. The minimum absolute atomic E-state index is 0.0782. The third-order valence-electron chi connectivity index (χ3n) is 4.00. The Morgan fingerprint density at radius 1 is 0.870 bits per heavy atom. The number of aryl methyl sites for hydroxylation is 1. The lowest BCUT2D eigenvalue weighted by Crippen LogP contribution is -2.54. The Labute approximate surface area is 137 Å². The van der Waals surface area contributed by atoms with Crippen LogP contribution in [0.25, 0.3) is 0 Å². The van der Waals surface area contributed by atoms with Crippen LogP contribution in [-0.4, -0.2) is 53.6 Å². The van der Waals surface area contributed by atoms with E-state index in [-0.39, 0.29) is 5.91 Å². The van der Waals surface area contributed by atoms with Crippen LogP contribution in [-0.2, 0) is 9.59 Å². The molecule has 0 atom stereocenters. The molecule has 1 aromatic rings. The predicted molar refractivity (Wildman–Crippen MR) is 88.1 cm³/mol. The predicted octanol–water partition coefficient (Wildman–Crippen LogP) is 1.89. The fraction of sp³-hybridized carbons (Fsp3) is 0.500. The largest absolute Gasteiger partial charge is 0.339 e. The maximum absolute atomic E-state index is 12.3. The molecule has 1 heterocycles. The van der Waals surface area contributed by atoms with Gasteiger partial charge in [-0.05, 0) is 6.92 Å². The number of nitrogens with zero attached hydrogens (tertiary/aromatic N) is 2. The molecule has 0 N–H and O–H groups in total. The van der Waals surface area contributed by atoms with Crippen LogP contribution < -0.4 is 0 Å². The van der Waals surface area contributed by atoms with E-state index in [9.17, 15) is 14.4 Å². The maximum Gasteiger partial charge on any atom is 0.295 e. The quantitative estimate of drug-likeness (QED) is 0.618. The molecular weight excluding hydrogens is 292 g/mol. The van der Waals surface area contributed by atoms with Crippen molar-refractivity contribution in [3.63, 3.8) is 0 Å². The molecule has 1 aliphatic rings. The van der Waals surface area contributed by atoms with Crippen LogP contribution in [0.2, 0.25) is 0 Å². The molecule has 1 aromatic carbocycles. The van der Waals surface area contributed by atoms with Crippen LogP contribution in [0.1, 0.15) is 36.7 Å². The van der Waals surface area contributed by atoms with Crippen LogP contribution >= 0.6 is 0 Å². The summed E-state index contributed by atoms with van der Waals surface area (Å²) in [7, 11) is 0. The number of amides is 2. The molecule has 0 spiro atoms. The number of carbonyl (C=O) groups excluding carboxylic acids is 3. The lowest BCUT2D eigenvalue weighted by atomic mass is 9.94. The average Bonchev–Trinajstić information content (AvgIpc) is 2.53. The van der Waals surface area contributed by atoms with Crippen molar-refractivity contribution < 1.29 is 14.4 Å². The Balaban J connectivity index is 1.97. The summed E-state index contributed by atoms with van der Waals surface area (Å²) >= 11 is 0. The minimum Gasteiger partial charge on any atom is -0.339 e. The monoisotopic (exact) mass is 316 g/mol. The molecule has 1 aliphatic heterocycles. The molecule has 1 saturated heterocycles. The fourth-order valence-electron chi connectivity index (χ4n) is 2.56. The highest BCUT2D eigenvalue weighted by Crippen LogP contribution is 2.19. The topological polar surface area (TPSA) is 57.7 Å². The van der Waals surface area contributed by atoms with Crippen molar-refractivity contribution >= 4 is 17.6 Å². The number of hydrogen-bond donors (Lipinski definition) is 0. The molecule has 0 aliphatic carbocycles. The Bertz CT molecular complexity index is 606. The van der Waals surface area contributed by atoms with Crippen molar-refractivity contribution in [2.75, 3.05) is 26.2 Å². The van der Waals surface area contributed by atoms with E-state index in [2.05, 4.69) is 0 Å². The Morgan fingerprint density at radius 2 is 1.35 bits per heavy atom. The Morgan fingerprint density at radius 3 is 1.83 bits per heavy atom. The summed E-state index contributed by atoms with van der Waals surface area (Å²) in [6.45, 7) is 9.33. The number of piperazine rings is 1. The van der Waals surface area contributed by atoms with Crippen LogP contribution in [0.15, 0.2) is 24.3 Å². The van der Waals surface area contributed by atoms with Gasteiger partial charge in [-0.2, -0.15) is 0 Å².